The molecule has 0 radical (unpaired) electrons. The van der Waals surface area contributed by atoms with Crippen molar-refractivity contribution in [2.24, 2.45) is 0 Å². The molecule has 0 unspecified atom stereocenters. The van der Waals surface area contributed by atoms with Crippen molar-refractivity contribution in [1.82, 2.24) is 24.5 Å². The van der Waals surface area contributed by atoms with E-state index in [-0.39, 0.29) is 11.7 Å². The van der Waals surface area contributed by atoms with E-state index in [1.54, 1.807) is 31.0 Å². The van der Waals surface area contributed by atoms with Crippen LogP contribution < -0.4 is 9.47 Å². The van der Waals surface area contributed by atoms with Crippen LogP contribution in [0.25, 0.3) is 16.8 Å². The number of fused-ring (bicyclic) bond motifs is 1. The minimum Gasteiger partial charge on any atom is -0.496 e. The third-order valence-corrected chi connectivity index (χ3v) is 6.13. The van der Waals surface area contributed by atoms with Gasteiger partial charge in [-0.2, -0.15) is 5.10 Å². The predicted molar refractivity (Wildman–Crippen MR) is 123 cm³/mol. The molecule has 1 saturated heterocycles. The fraction of sp³-hybridized carbons (Fsp3) is 0.320. The van der Waals surface area contributed by atoms with Gasteiger partial charge in [-0.05, 0) is 55.8 Å². The second-order valence-electron chi connectivity index (χ2n) is 8.28. The Morgan fingerprint density at radius 3 is 2.88 bits per heavy atom. The molecule has 1 atom stereocenters. The van der Waals surface area contributed by atoms with E-state index in [1.165, 1.54) is 12.1 Å². The molecular formula is C25H26FN5O2. The molecule has 4 aromatic rings. The lowest BCUT2D eigenvalue weighted by Gasteiger charge is -2.31. The number of hydrogen-bond acceptors (Lipinski definition) is 6. The Kier molecular flexibility index (Phi) is 5.92. The summed E-state index contributed by atoms with van der Waals surface area (Å²) >= 11 is 0. The van der Waals surface area contributed by atoms with Gasteiger partial charge in [0.05, 0.1) is 14.2 Å². The van der Waals surface area contributed by atoms with E-state index < -0.39 is 0 Å². The van der Waals surface area contributed by atoms with Crippen molar-refractivity contribution in [3.63, 3.8) is 0 Å². The van der Waals surface area contributed by atoms with E-state index in [9.17, 15) is 4.39 Å². The number of methoxy groups -OCH3 is 2. The lowest BCUT2D eigenvalue weighted by Crippen LogP contribution is -2.34. The van der Waals surface area contributed by atoms with Gasteiger partial charge >= 0.3 is 0 Å². The Labute approximate surface area is 191 Å². The number of aromatic nitrogens is 4. The summed E-state index contributed by atoms with van der Waals surface area (Å²) in [5.41, 5.74) is 3.36. The first-order valence-electron chi connectivity index (χ1n) is 11.0. The second kappa shape index (κ2) is 9.15. The topological polar surface area (TPSA) is 64.8 Å². The summed E-state index contributed by atoms with van der Waals surface area (Å²) in [5.74, 6) is 2.06. The van der Waals surface area contributed by atoms with E-state index in [4.69, 9.17) is 19.6 Å². The minimum absolute atomic E-state index is 0.244. The zero-order valence-electron chi connectivity index (χ0n) is 18.7. The van der Waals surface area contributed by atoms with Gasteiger partial charge < -0.3 is 9.47 Å². The molecule has 1 aromatic carbocycles. The zero-order valence-corrected chi connectivity index (χ0v) is 18.7. The Bertz CT molecular complexity index is 1270. The molecule has 1 fully saturated rings. The number of benzene rings is 1. The van der Waals surface area contributed by atoms with Crippen LogP contribution in [0.4, 0.5) is 4.39 Å². The summed E-state index contributed by atoms with van der Waals surface area (Å²) in [6.07, 6.45) is 5.75. The number of ether oxygens (including phenoxy) is 2. The van der Waals surface area contributed by atoms with Crippen molar-refractivity contribution in [1.29, 1.82) is 0 Å². The number of halogens is 1. The molecule has 4 heterocycles. The highest BCUT2D eigenvalue weighted by atomic mass is 19.1. The Balaban J connectivity index is 1.38. The van der Waals surface area contributed by atoms with Crippen molar-refractivity contribution in [2.45, 2.75) is 25.3 Å². The van der Waals surface area contributed by atoms with Gasteiger partial charge in [0.2, 0.25) is 5.88 Å². The van der Waals surface area contributed by atoms with Crippen LogP contribution in [0.15, 0.2) is 54.9 Å². The van der Waals surface area contributed by atoms with Gasteiger partial charge in [0.1, 0.15) is 11.6 Å². The standard InChI is InChI=1S/C25H26FN5O2/c1-32-22-9-8-20(26)13-21(22)17-7-10-23-28-24(29-31(23)16-17)18-6-4-12-30(14-18)15-19-5-3-11-27-25(19)33-2/h3,5,7-11,13,16,18H,4,6,12,14-15H2,1-2H3/t18-/m0/s1. The monoisotopic (exact) mass is 447 g/mol. The lowest BCUT2D eigenvalue weighted by molar-refractivity contribution is 0.194. The van der Waals surface area contributed by atoms with Crippen LogP contribution in [0.5, 0.6) is 11.6 Å². The summed E-state index contributed by atoms with van der Waals surface area (Å²) in [6.45, 7) is 2.68. The summed E-state index contributed by atoms with van der Waals surface area (Å²) in [5, 5.41) is 4.78. The third kappa shape index (κ3) is 4.39. The van der Waals surface area contributed by atoms with Gasteiger partial charge in [-0.15, -0.1) is 0 Å². The first-order chi connectivity index (χ1) is 16.1. The molecule has 0 aliphatic carbocycles. The molecule has 3 aromatic heterocycles. The van der Waals surface area contributed by atoms with Crippen LogP contribution in [-0.4, -0.2) is 51.8 Å². The first kappa shape index (κ1) is 21.3. The molecule has 0 amide bonds. The van der Waals surface area contributed by atoms with Crippen LogP contribution >= 0.6 is 0 Å². The van der Waals surface area contributed by atoms with E-state index in [0.29, 0.717) is 17.2 Å². The van der Waals surface area contributed by atoms with Crippen molar-refractivity contribution in [3.8, 4) is 22.8 Å². The fourth-order valence-corrected chi connectivity index (χ4v) is 4.52. The molecule has 0 saturated carbocycles. The van der Waals surface area contributed by atoms with Crippen molar-refractivity contribution >= 4 is 5.65 Å². The average molecular weight is 448 g/mol. The van der Waals surface area contributed by atoms with Crippen LogP contribution in [-0.2, 0) is 6.54 Å². The highest BCUT2D eigenvalue weighted by Crippen LogP contribution is 2.32. The largest absolute Gasteiger partial charge is 0.496 e. The number of rotatable bonds is 6. The van der Waals surface area contributed by atoms with Crippen LogP contribution in [0.1, 0.15) is 30.1 Å². The lowest BCUT2D eigenvalue weighted by atomic mass is 9.97. The quantitative estimate of drug-likeness (QED) is 0.439. The molecule has 0 N–H and O–H groups in total. The number of piperidine rings is 1. The van der Waals surface area contributed by atoms with Gasteiger partial charge in [0.15, 0.2) is 11.5 Å². The number of pyridine rings is 2. The summed E-state index contributed by atoms with van der Waals surface area (Å²) in [7, 11) is 3.23. The molecule has 33 heavy (non-hydrogen) atoms. The Morgan fingerprint density at radius 2 is 2.03 bits per heavy atom. The average Bonchev–Trinajstić information content (AvgIpc) is 3.28. The maximum absolute atomic E-state index is 13.9. The molecule has 1 aliphatic rings. The molecular weight excluding hydrogens is 421 g/mol. The van der Waals surface area contributed by atoms with Crippen molar-refractivity contribution < 1.29 is 13.9 Å². The molecule has 8 heteroatoms. The molecule has 0 bridgehead atoms. The van der Waals surface area contributed by atoms with Gasteiger partial charge in [0, 0.05) is 48.1 Å². The highest BCUT2D eigenvalue weighted by Gasteiger charge is 2.25. The number of nitrogens with zero attached hydrogens (tertiary/aromatic N) is 5. The first-order valence-corrected chi connectivity index (χ1v) is 11.0. The molecule has 170 valence electrons. The third-order valence-electron chi connectivity index (χ3n) is 6.13. The number of hydrogen-bond donors (Lipinski definition) is 0. The van der Waals surface area contributed by atoms with E-state index in [2.05, 4.69) is 16.0 Å². The van der Waals surface area contributed by atoms with Crippen LogP contribution in [0.3, 0.4) is 0 Å². The summed E-state index contributed by atoms with van der Waals surface area (Å²) < 4.78 is 26.5. The van der Waals surface area contributed by atoms with E-state index >= 15 is 0 Å². The Hall–Kier alpha value is -3.52. The normalized spacial score (nSPS) is 16.8. The van der Waals surface area contributed by atoms with Crippen molar-refractivity contribution in [3.05, 3.63) is 72.1 Å². The van der Waals surface area contributed by atoms with Gasteiger partial charge in [0.25, 0.3) is 0 Å². The maximum Gasteiger partial charge on any atom is 0.217 e. The summed E-state index contributed by atoms with van der Waals surface area (Å²) in [6, 6.07) is 12.3. The van der Waals surface area contributed by atoms with Crippen LogP contribution in [0.2, 0.25) is 0 Å². The van der Waals surface area contributed by atoms with E-state index in [0.717, 1.165) is 55.1 Å². The maximum atomic E-state index is 13.9. The fourth-order valence-electron chi connectivity index (χ4n) is 4.52. The second-order valence-corrected chi connectivity index (χ2v) is 8.28. The predicted octanol–water partition coefficient (Wildman–Crippen LogP) is 4.33. The molecule has 5 rings (SSSR count). The SMILES string of the molecule is COc1ccc(F)cc1-c1ccc2nc([C@H]3CCCN(Cc4cccnc4OC)C3)nn2c1. The molecule has 1 aliphatic heterocycles. The van der Waals surface area contributed by atoms with Gasteiger partial charge in [-0.1, -0.05) is 6.07 Å². The van der Waals surface area contributed by atoms with Crippen LogP contribution in [0, 0.1) is 5.82 Å². The number of likely N-dealkylation sites (tertiary alicyclic amines) is 1. The van der Waals surface area contributed by atoms with E-state index in [1.807, 2.05) is 24.4 Å². The molecule has 7 nitrogen and oxygen atoms in total. The zero-order chi connectivity index (χ0) is 22.8. The summed E-state index contributed by atoms with van der Waals surface area (Å²) in [4.78, 5) is 11.5. The van der Waals surface area contributed by atoms with Gasteiger partial charge in [-0.3, -0.25) is 4.90 Å². The molecule has 0 spiro atoms. The Morgan fingerprint density at radius 1 is 1.12 bits per heavy atom. The van der Waals surface area contributed by atoms with Gasteiger partial charge in [-0.25, -0.2) is 18.9 Å². The minimum atomic E-state index is -0.308. The van der Waals surface area contributed by atoms with Crippen molar-refractivity contribution in [2.75, 3.05) is 27.3 Å². The highest BCUT2D eigenvalue weighted by molar-refractivity contribution is 5.71. The smallest absolute Gasteiger partial charge is 0.217 e.